The number of carbonyl (C=O) groups is 6. The first kappa shape index (κ1) is 35.0. The van der Waals surface area contributed by atoms with E-state index in [1.807, 2.05) is 36.4 Å². The third-order valence-corrected chi connectivity index (χ3v) is 7.35. The number of hydrogen-bond acceptors (Lipinski definition) is 8. The van der Waals surface area contributed by atoms with Crippen molar-refractivity contribution in [2.75, 3.05) is 20.2 Å². The van der Waals surface area contributed by atoms with Gasteiger partial charge in [-0.15, -0.1) is 0 Å². The average Bonchev–Trinajstić information content (AvgIpc) is 2.98. The number of ketones is 1. The standard InChI is InChI=1S/C33H44N4O8/c1-21(38)35-26(12-15-30(41)37-18-16-23(39)17-19-37)31(42)36-27(32(43)45-33(2,3)4)11-14-29(40)34-20-22-10-13-28(44-5)25-9-7-6-8-24(22)25/h6-10,13,26-27H,11-12,14-20H2,1-5H3,(H,34,40)(H,35,38)(H,36,42). The number of hydrogen-bond donors (Lipinski definition) is 3. The summed E-state index contributed by atoms with van der Waals surface area (Å²) in [5.74, 6) is -1.61. The Morgan fingerprint density at radius 2 is 1.53 bits per heavy atom. The van der Waals surface area contributed by atoms with Gasteiger partial charge in [0, 0.05) is 57.6 Å². The summed E-state index contributed by atoms with van der Waals surface area (Å²) in [6.45, 7) is 7.22. The smallest absolute Gasteiger partial charge is 0.329 e. The van der Waals surface area contributed by atoms with Gasteiger partial charge in [0.15, 0.2) is 0 Å². The number of nitrogens with zero attached hydrogens (tertiary/aromatic N) is 1. The Morgan fingerprint density at radius 3 is 2.16 bits per heavy atom. The molecule has 0 saturated carbocycles. The lowest BCUT2D eigenvalue weighted by molar-refractivity contribution is -0.159. The number of likely N-dealkylation sites (tertiary alicyclic amines) is 1. The van der Waals surface area contributed by atoms with Crippen molar-refractivity contribution in [2.24, 2.45) is 0 Å². The Balaban J connectivity index is 1.64. The summed E-state index contributed by atoms with van der Waals surface area (Å²) >= 11 is 0. The van der Waals surface area contributed by atoms with Gasteiger partial charge in [-0.3, -0.25) is 24.0 Å². The number of methoxy groups -OCH3 is 1. The highest BCUT2D eigenvalue weighted by atomic mass is 16.6. The Kier molecular flexibility index (Phi) is 12.5. The maximum atomic E-state index is 13.3. The molecule has 244 valence electrons. The Labute approximate surface area is 263 Å². The largest absolute Gasteiger partial charge is 0.496 e. The molecule has 0 spiro atoms. The van der Waals surface area contributed by atoms with Gasteiger partial charge in [0.05, 0.1) is 7.11 Å². The number of fused-ring (bicyclic) bond motifs is 1. The summed E-state index contributed by atoms with van der Waals surface area (Å²) in [4.78, 5) is 76.9. The molecule has 2 atom stereocenters. The second-order valence-electron chi connectivity index (χ2n) is 12.1. The number of esters is 1. The fourth-order valence-electron chi connectivity index (χ4n) is 5.06. The first-order chi connectivity index (χ1) is 21.3. The molecule has 2 aromatic carbocycles. The number of carbonyl (C=O) groups excluding carboxylic acids is 6. The minimum absolute atomic E-state index is 0.00790. The van der Waals surface area contributed by atoms with E-state index in [1.54, 1.807) is 32.8 Å². The van der Waals surface area contributed by atoms with Gasteiger partial charge < -0.3 is 30.3 Å². The zero-order valence-corrected chi connectivity index (χ0v) is 26.7. The van der Waals surface area contributed by atoms with Gasteiger partial charge >= 0.3 is 5.97 Å². The van der Waals surface area contributed by atoms with Crippen LogP contribution in [0.2, 0.25) is 0 Å². The SMILES string of the molecule is COc1ccc(CNC(=O)CCC(NC(=O)C(CCC(=O)N2CCC(=O)CC2)NC(C)=O)C(=O)OC(C)(C)C)c2ccccc12. The van der Waals surface area contributed by atoms with Crippen LogP contribution in [-0.4, -0.2) is 78.2 Å². The van der Waals surface area contributed by atoms with Crippen molar-refractivity contribution in [1.82, 2.24) is 20.9 Å². The predicted molar refractivity (Wildman–Crippen MR) is 167 cm³/mol. The van der Waals surface area contributed by atoms with Crippen molar-refractivity contribution in [2.45, 2.75) is 90.4 Å². The molecule has 4 amide bonds. The van der Waals surface area contributed by atoms with E-state index < -0.39 is 35.5 Å². The van der Waals surface area contributed by atoms with Crippen molar-refractivity contribution in [3.63, 3.8) is 0 Å². The summed E-state index contributed by atoms with van der Waals surface area (Å²) in [6.07, 6.45) is 0.406. The normalized spacial score (nSPS) is 14.7. The van der Waals surface area contributed by atoms with E-state index in [2.05, 4.69) is 16.0 Å². The quantitative estimate of drug-likeness (QED) is 0.287. The molecule has 1 saturated heterocycles. The molecule has 1 fully saturated rings. The third kappa shape index (κ3) is 10.9. The molecule has 0 bridgehead atoms. The fourth-order valence-corrected chi connectivity index (χ4v) is 5.06. The van der Waals surface area contributed by atoms with Crippen LogP contribution in [-0.2, 0) is 40.0 Å². The molecule has 0 aromatic heterocycles. The zero-order valence-electron chi connectivity index (χ0n) is 26.7. The first-order valence-electron chi connectivity index (χ1n) is 15.2. The van der Waals surface area contributed by atoms with E-state index in [9.17, 15) is 28.8 Å². The van der Waals surface area contributed by atoms with Gasteiger partial charge in [-0.1, -0.05) is 30.3 Å². The molecule has 3 N–H and O–H groups in total. The lowest BCUT2D eigenvalue weighted by atomic mass is 10.0. The van der Waals surface area contributed by atoms with Crippen molar-refractivity contribution in [1.29, 1.82) is 0 Å². The van der Waals surface area contributed by atoms with Crippen molar-refractivity contribution < 1.29 is 38.2 Å². The lowest BCUT2D eigenvalue weighted by Gasteiger charge is -2.28. The highest BCUT2D eigenvalue weighted by Crippen LogP contribution is 2.28. The maximum absolute atomic E-state index is 13.3. The highest BCUT2D eigenvalue weighted by Gasteiger charge is 2.31. The van der Waals surface area contributed by atoms with E-state index in [1.165, 1.54) is 6.92 Å². The van der Waals surface area contributed by atoms with Crippen molar-refractivity contribution in [3.05, 3.63) is 42.0 Å². The van der Waals surface area contributed by atoms with Crippen LogP contribution < -0.4 is 20.7 Å². The van der Waals surface area contributed by atoms with E-state index in [0.717, 1.165) is 22.1 Å². The number of benzene rings is 2. The van der Waals surface area contributed by atoms with Crippen LogP contribution in [0.3, 0.4) is 0 Å². The van der Waals surface area contributed by atoms with E-state index in [-0.39, 0.29) is 49.8 Å². The molecule has 1 aliphatic rings. The summed E-state index contributed by atoms with van der Waals surface area (Å²) < 4.78 is 10.9. The highest BCUT2D eigenvalue weighted by molar-refractivity contribution is 5.92. The van der Waals surface area contributed by atoms with Gasteiger partial charge in [0.2, 0.25) is 23.6 Å². The maximum Gasteiger partial charge on any atom is 0.329 e. The van der Waals surface area contributed by atoms with Gasteiger partial charge in [-0.25, -0.2) is 4.79 Å². The Bertz CT molecular complexity index is 1410. The minimum atomic E-state index is -1.18. The second-order valence-corrected chi connectivity index (χ2v) is 12.1. The van der Waals surface area contributed by atoms with Gasteiger partial charge in [0.25, 0.3) is 0 Å². The monoisotopic (exact) mass is 624 g/mol. The van der Waals surface area contributed by atoms with E-state index >= 15 is 0 Å². The lowest BCUT2D eigenvalue weighted by Crippen LogP contribution is -2.52. The summed E-state index contributed by atoms with van der Waals surface area (Å²) in [5, 5.41) is 9.91. The molecule has 0 radical (unpaired) electrons. The molecule has 2 aromatic rings. The zero-order chi connectivity index (χ0) is 33.1. The molecule has 0 aliphatic carbocycles. The van der Waals surface area contributed by atoms with Crippen LogP contribution in [0.25, 0.3) is 10.8 Å². The second kappa shape index (κ2) is 16.0. The van der Waals surface area contributed by atoms with Crippen molar-refractivity contribution >= 4 is 46.2 Å². The fraction of sp³-hybridized carbons (Fsp3) is 0.515. The van der Waals surface area contributed by atoms with Crippen LogP contribution in [0.1, 0.15) is 71.8 Å². The average molecular weight is 625 g/mol. The molecule has 3 rings (SSSR count). The molecule has 1 heterocycles. The number of rotatable bonds is 13. The molecule has 12 heteroatoms. The van der Waals surface area contributed by atoms with Crippen LogP contribution in [0, 0.1) is 0 Å². The van der Waals surface area contributed by atoms with Crippen LogP contribution in [0.4, 0.5) is 0 Å². The van der Waals surface area contributed by atoms with Crippen LogP contribution in [0.5, 0.6) is 5.75 Å². The summed E-state index contributed by atoms with van der Waals surface area (Å²) in [5.41, 5.74) is 0.0393. The van der Waals surface area contributed by atoms with Crippen LogP contribution in [0.15, 0.2) is 36.4 Å². The molecule has 1 aliphatic heterocycles. The molecular formula is C33H44N4O8. The number of nitrogens with one attached hydrogen (secondary N) is 3. The van der Waals surface area contributed by atoms with Gasteiger partial charge in [-0.2, -0.15) is 0 Å². The number of ether oxygens (including phenoxy) is 2. The van der Waals surface area contributed by atoms with E-state index in [4.69, 9.17) is 9.47 Å². The van der Waals surface area contributed by atoms with Gasteiger partial charge in [-0.05, 0) is 50.6 Å². The number of Topliss-reactive ketones (excluding diaryl/α,β-unsaturated/α-hetero) is 1. The number of piperidine rings is 1. The van der Waals surface area contributed by atoms with Crippen molar-refractivity contribution in [3.8, 4) is 5.75 Å². The number of amides is 4. The first-order valence-corrected chi connectivity index (χ1v) is 15.2. The Hall–Kier alpha value is -4.48. The topological polar surface area (TPSA) is 160 Å². The third-order valence-electron chi connectivity index (χ3n) is 7.35. The predicted octanol–water partition coefficient (Wildman–Crippen LogP) is 2.55. The Morgan fingerprint density at radius 1 is 0.889 bits per heavy atom. The van der Waals surface area contributed by atoms with Crippen LogP contribution >= 0.6 is 0 Å². The molecule has 45 heavy (non-hydrogen) atoms. The van der Waals surface area contributed by atoms with E-state index in [0.29, 0.717) is 25.9 Å². The molecule has 12 nitrogen and oxygen atoms in total. The molecule has 2 unspecified atom stereocenters. The minimum Gasteiger partial charge on any atom is -0.496 e. The molecular weight excluding hydrogens is 580 g/mol. The summed E-state index contributed by atoms with van der Waals surface area (Å²) in [7, 11) is 1.60. The van der Waals surface area contributed by atoms with Gasteiger partial charge in [0.1, 0.15) is 29.2 Å². The summed E-state index contributed by atoms with van der Waals surface area (Å²) in [6, 6.07) is 9.14.